The number of aryl methyl sites for hydroxylation is 3. The first-order valence-corrected chi connectivity index (χ1v) is 9.60. The molecule has 0 fully saturated rings. The van der Waals surface area contributed by atoms with E-state index in [0.29, 0.717) is 0 Å². The van der Waals surface area contributed by atoms with Gasteiger partial charge in [0.1, 0.15) is 16.5 Å². The molecule has 2 aromatic heterocycles. The van der Waals surface area contributed by atoms with E-state index in [0.717, 1.165) is 52.7 Å². The van der Waals surface area contributed by atoms with Crippen molar-refractivity contribution >= 4 is 27.4 Å². The van der Waals surface area contributed by atoms with Crippen LogP contribution in [0.2, 0.25) is 0 Å². The molecule has 0 aliphatic rings. The molecule has 1 N–H and O–H groups in total. The van der Waals surface area contributed by atoms with Crippen molar-refractivity contribution in [3.05, 3.63) is 40.0 Å². The molecule has 0 bridgehead atoms. The molecule has 5 nitrogen and oxygen atoms in total. The summed E-state index contributed by atoms with van der Waals surface area (Å²) in [4.78, 5) is 11.8. The van der Waals surface area contributed by atoms with Crippen molar-refractivity contribution in [3.63, 3.8) is 0 Å². The van der Waals surface area contributed by atoms with Crippen molar-refractivity contribution in [1.29, 1.82) is 0 Å². The Labute approximate surface area is 158 Å². The number of nitrogens with one attached hydrogen (secondary N) is 1. The van der Waals surface area contributed by atoms with E-state index in [2.05, 4.69) is 37.1 Å². The molecule has 2 heterocycles. The second-order valence-corrected chi connectivity index (χ2v) is 7.37. The standard InChI is InChI=1S/C20H25N3O2S/c1-6-17-22-19(18-12(2)13(3)26-20(18)23-17)21-10-9-14-7-8-15(24-4)16(11-14)25-5/h7-8,11H,6,9-10H2,1-5H3,(H,21,22,23). The van der Waals surface area contributed by atoms with Crippen molar-refractivity contribution in [1.82, 2.24) is 9.97 Å². The first-order chi connectivity index (χ1) is 12.6. The third-order valence-electron chi connectivity index (χ3n) is 4.55. The van der Waals surface area contributed by atoms with E-state index in [1.807, 2.05) is 12.1 Å². The number of hydrogen-bond acceptors (Lipinski definition) is 6. The molecule has 0 spiro atoms. The Morgan fingerprint density at radius 2 is 1.85 bits per heavy atom. The smallest absolute Gasteiger partial charge is 0.160 e. The van der Waals surface area contributed by atoms with Crippen molar-refractivity contribution in [2.75, 3.05) is 26.1 Å². The minimum Gasteiger partial charge on any atom is -0.493 e. The van der Waals surface area contributed by atoms with E-state index in [9.17, 15) is 0 Å². The molecule has 3 rings (SSSR count). The molecule has 0 atom stereocenters. The minimum absolute atomic E-state index is 0.749. The lowest BCUT2D eigenvalue weighted by atomic mass is 10.1. The van der Waals surface area contributed by atoms with Gasteiger partial charge in [0.05, 0.1) is 19.6 Å². The van der Waals surface area contributed by atoms with Crippen LogP contribution >= 0.6 is 11.3 Å². The molecule has 0 amide bonds. The van der Waals surface area contributed by atoms with Gasteiger partial charge in [0.2, 0.25) is 0 Å². The fourth-order valence-electron chi connectivity index (χ4n) is 2.94. The maximum atomic E-state index is 5.38. The lowest BCUT2D eigenvalue weighted by Gasteiger charge is -2.11. The van der Waals surface area contributed by atoms with Gasteiger partial charge in [0, 0.05) is 17.8 Å². The Balaban J connectivity index is 1.79. The lowest BCUT2D eigenvalue weighted by Crippen LogP contribution is -2.09. The van der Waals surface area contributed by atoms with Crippen LogP contribution in [0.1, 0.15) is 28.8 Å². The highest BCUT2D eigenvalue weighted by atomic mass is 32.1. The monoisotopic (exact) mass is 371 g/mol. The summed E-state index contributed by atoms with van der Waals surface area (Å²) in [6, 6.07) is 6.03. The van der Waals surface area contributed by atoms with Crippen molar-refractivity contribution < 1.29 is 9.47 Å². The zero-order valence-electron chi connectivity index (χ0n) is 16.0. The average molecular weight is 372 g/mol. The summed E-state index contributed by atoms with van der Waals surface area (Å²) in [5, 5.41) is 4.66. The predicted octanol–water partition coefficient (Wildman–Crippen LogP) is 4.54. The average Bonchev–Trinajstić information content (AvgIpc) is 2.95. The molecule has 0 aliphatic carbocycles. The molecular formula is C20H25N3O2S. The molecule has 138 valence electrons. The number of anilines is 1. The number of rotatable bonds is 7. The second-order valence-electron chi connectivity index (χ2n) is 6.17. The van der Waals surface area contributed by atoms with Gasteiger partial charge in [-0.15, -0.1) is 11.3 Å². The van der Waals surface area contributed by atoms with E-state index in [1.54, 1.807) is 25.6 Å². The van der Waals surface area contributed by atoms with Crippen LogP contribution in [0.3, 0.4) is 0 Å². The number of methoxy groups -OCH3 is 2. The summed E-state index contributed by atoms with van der Waals surface area (Å²) in [5.41, 5.74) is 2.45. The molecule has 1 aromatic carbocycles. The maximum absolute atomic E-state index is 5.38. The van der Waals surface area contributed by atoms with Gasteiger partial charge in [-0.2, -0.15) is 0 Å². The predicted molar refractivity (Wildman–Crippen MR) is 108 cm³/mol. The molecule has 0 aliphatic heterocycles. The Morgan fingerprint density at radius 1 is 1.08 bits per heavy atom. The number of benzene rings is 1. The first-order valence-electron chi connectivity index (χ1n) is 8.78. The highest BCUT2D eigenvalue weighted by Crippen LogP contribution is 2.33. The van der Waals surface area contributed by atoms with Crippen LogP contribution < -0.4 is 14.8 Å². The molecule has 6 heteroatoms. The zero-order valence-corrected chi connectivity index (χ0v) is 16.8. The summed E-state index contributed by atoms with van der Waals surface area (Å²) in [5.74, 6) is 3.33. The van der Waals surface area contributed by atoms with Gasteiger partial charge in [-0.3, -0.25) is 0 Å². The number of hydrogen-bond donors (Lipinski definition) is 1. The highest BCUT2D eigenvalue weighted by molar-refractivity contribution is 7.18. The lowest BCUT2D eigenvalue weighted by molar-refractivity contribution is 0.354. The number of nitrogens with zero attached hydrogens (tertiary/aromatic N) is 2. The van der Waals surface area contributed by atoms with Crippen LogP contribution in [0.4, 0.5) is 5.82 Å². The molecule has 0 radical (unpaired) electrons. The van der Waals surface area contributed by atoms with E-state index in [-0.39, 0.29) is 0 Å². The topological polar surface area (TPSA) is 56.3 Å². The van der Waals surface area contributed by atoms with Crippen LogP contribution in [0.15, 0.2) is 18.2 Å². The van der Waals surface area contributed by atoms with Gasteiger partial charge in [0.25, 0.3) is 0 Å². The van der Waals surface area contributed by atoms with Crippen LogP contribution in [-0.4, -0.2) is 30.7 Å². The number of aromatic nitrogens is 2. The Bertz CT molecular complexity index is 921. The molecule has 0 saturated carbocycles. The van der Waals surface area contributed by atoms with E-state index in [1.165, 1.54) is 16.0 Å². The normalized spacial score (nSPS) is 11.0. The SMILES string of the molecule is CCc1nc(NCCc2ccc(OC)c(OC)c2)c2c(C)c(C)sc2n1. The largest absolute Gasteiger partial charge is 0.493 e. The van der Waals surface area contributed by atoms with E-state index >= 15 is 0 Å². The van der Waals surface area contributed by atoms with Crippen LogP contribution in [-0.2, 0) is 12.8 Å². The number of thiophene rings is 1. The van der Waals surface area contributed by atoms with Crippen LogP contribution in [0.25, 0.3) is 10.2 Å². The van der Waals surface area contributed by atoms with Gasteiger partial charge in [0.15, 0.2) is 11.5 Å². The fraction of sp³-hybridized carbons (Fsp3) is 0.400. The Kier molecular flexibility index (Phi) is 5.61. The zero-order chi connectivity index (χ0) is 18.7. The van der Waals surface area contributed by atoms with Gasteiger partial charge in [-0.05, 0) is 43.5 Å². The number of fused-ring (bicyclic) bond motifs is 1. The first kappa shape index (κ1) is 18.5. The number of ether oxygens (including phenoxy) is 2. The third-order valence-corrected chi connectivity index (χ3v) is 5.65. The Hall–Kier alpha value is -2.34. The van der Waals surface area contributed by atoms with Gasteiger partial charge in [-0.1, -0.05) is 13.0 Å². The van der Waals surface area contributed by atoms with E-state index in [4.69, 9.17) is 14.5 Å². The molecule has 3 aromatic rings. The highest BCUT2D eigenvalue weighted by Gasteiger charge is 2.14. The van der Waals surface area contributed by atoms with Crippen LogP contribution in [0, 0.1) is 13.8 Å². The molecule has 26 heavy (non-hydrogen) atoms. The summed E-state index contributed by atoms with van der Waals surface area (Å²) in [6.07, 6.45) is 1.70. The summed E-state index contributed by atoms with van der Waals surface area (Å²) in [7, 11) is 3.31. The summed E-state index contributed by atoms with van der Waals surface area (Å²) < 4.78 is 10.7. The van der Waals surface area contributed by atoms with Crippen molar-refractivity contribution in [2.24, 2.45) is 0 Å². The van der Waals surface area contributed by atoms with Gasteiger partial charge in [-0.25, -0.2) is 9.97 Å². The second kappa shape index (κ2) is 7.91. The fourth-order valence-corrected chi connectivity index (χ4v) is 3.99. The molecule has 0 unspecified atom stereocenters. The minimum atomic E-state index is 0.749. The van der Waals surface area contributed by atoms with Gasteiger partial charge >= 0.3 is 0 Å². The van der Waals surface area contributed by atoms with E-state index < -0.39 is 0 Å². The maximum Gasteiger partial charge on any atom is 0.160 e. The third kappa shape index (κ3) is 3.60. The van der Waals surface area contributed by atoms with Crippen molar-refractivity contribution in [3.8, 4) is 11.5 Å². The summed E-state index contributed by atoms with van der Waals surface area (Å²) in [6.45, 7) is 7.16. The van der Waals surface area contributed by atoms with Crippen LogP contribution in [0.5, 0.6) is 11.5 Å². The molecular weight excluding hydrogens is 346 g/mol. The quantitative estimate of drug-likeness (QED) is 0.661. The Morgan fingerprint density at radius 3 is 2.54 bits per heavy atom. The van der Waals surface area contributed by atoms with Gasteiger partial charge < -0.3 is 14.8 Å². The summed E-state index contributed by atoms with van der Waals surface area (Å²) >= 11 is 1.74. The molecule has 0 saturated heterocycles. The van der Waals surface area contributed by atoms with Crippen molar-refractivity contribution in [2.45, 2.75) is 33.6 Å².